The molecule has 7 rings (SSSR count). The third kappa shape index (κ3) is 5.75. The molecule has 0 aliphatic carbocycles. The molecule has 3 aliphatic heterocycles. The van der Waals surface area contributed by atoms with Crippen molar-refractivity contribution in [2.75, 3.05) is 26.8 Å². The Morgan fingerprint density at radius 1 is 1.16 bits per heavy atom. The molecule has 2 N–H and O–H groups in total. The summed E-state index contributed by atoms with van der Waals surface area (Å²) >= 11 is 1.30. The molecule has 0 saturated carbocycles. The summed E-state index contributed by atoms with van der Waals surface area (Å²) in [5, 5.41) is 7.58. The molecule has 2 aromatic carbocycles. The first kappa shape index (κ1) is 28.2. The van der Waals surface area contributed by atoms with Crippen LogP contribution in [0.3, 0.4) is 0 Å². The number of aryl methyl sites for hydroxylation is 1. The topological polar surface area (TPSA) is 141 Å². The SMILES string of the molecule is COc1cc2ccc1CNC(=O)COc1cc(ccc1C)C(=O)N[C@H]1CN(C(=O)c3cnc4sccn4c3=O)CC[C@H]1O2. The van der Waals surface area contributed by atoms with Gasteiger partial charge in [-0.2, -0.15) is 0 Å². The summed E-state index contributed by atoms with van der Waals surface area (Å²) in [6.07, 6.45) is 2.77. The molecule has 0 unspecified atom stereocenters. The molecule has 1 fully saturated rings. The van der Waals surface area contributed by atoms with E-state index in [0.717, 1.165) is 11.1 Å². The van der Waals surface area contributed by atoms with Crippen LogP contribution in [0.1, 0.15) is 38.3 Å². The summed E-state index contributed by atoms with van der Waals surface area (Å²) in [5.41, 5.74) is 1.34. The van der Waals surface area contributed by atoms with Crippen molar-refractivity contribution in [3.63, 3.8) is 0 Å². The molecule has 3 amide bonds. The predicted octanol–water partition coefficient (Wildman–Crippen LogP) is 2.17. The van der Waals surface area contributed by atoms with Gasteiger partial charge in [-0.3, -0.25) is 23.6 Å². The molecule has 1 saturated heterocycles. The molecule has 12 nitrogen and oxygen atoms in total. The van der Waals surface area contributed by atoms with E-state index in [1.165, 1.54) is 33.9 Å². The first-order chi connectivity index (χ1) is 20.8. The molecule has 13 heteroatoms. The molecule has 2 atom stereocenters. The Morgan fingerprint density at radius 3 is 2.86 bits per heavy atom. The zero-order valence-electron chi connectivity index (χ0n) is 23.5. The number of aromatic nitrogens is 2. The Kier molecular flexibility index (Phi) is 7.72. The number of carbonyl (C=O) groups is 3. The number of hydrogen-bond acceptors (Lipinski definition) is 9. The molecule has 4 bridgehead atoms. The smallest absolute Gasteiger partial charge is 0.271 e. The Morgan fingerprint density at radius 2 is 2.02 bits per heavy atom. The van der Waals surface area contributed by atoms with Gasteiger partial charge in [-0.1, -0.05) is 6.07 Å². The van der Waals surface area contributed by atoms with E-state index in [9.17, 15) is 19.2 Å². The van der Waals surface area contributed by atoms with Crippen LogP contribution in [0.5, 0.6) is 17.2 Å². The molecule has 0 spiro atoms. The fourth-order valence-electron chi connectivity index (χ4n) is 5.19. The first-order valence-electron chi connectivity index (χ1n) is 13.7. The number of methoxy groups -OCH3 is 1. The lowest BCUT2D eigenvalue weighted by Crippen LogP contribution is -2.58. The van der Waals surface area contributed by atoms with Gasteiger partial charge in [0.1, 0.15) is 28.9 Å². The highest BCUT2D eigenvalue weighted by molar-refractivity contribution is 7.15. The molecule has 2 aromatic heterocycles. The van der Waals surface area contributed by atoms with Crippen LogP contribution in [0.4, 0.5) is 0 Å². The van der Waals surface area contributed by atoms with Gasteiger partial charge in [0, 0.05) is 61.0 Å². The number of piperidine rings is 1. The number of carbonyl (C=O) groups excluding carboxylic acids is 3. The minimum Gasteiger partial charge on any atom is -0.496 e. The van der Waals surface area contributed by atoms with Crippen molar-refractivity contribution in [3.8, 4) is 17.2 Å². The van der Waals surface area contributed by atoms with Gasteiger partial charge in [-0.25, -0.2) is 4.98 Å². The van der Waals surface area contributed by atoms with Crippen LogP contribution < -0.4 is 30.4 Å². The van der Waals surface area contributed by atoms with Crippen molar-refractivity contribution in [2.24, 2.45) is 0 Å². The number of thiazole rings is 1. The zero-order valence-corrected chi connectivity index (χ0v) is 24.3. The lowest BCUT2D eigenvalue weighted by Gasteiger charge is -2.38. The van der Waals surface area contributed by atoms with E-state index in [1.807, 2.05) is 6.92 Å². The Bertz CT molecular complexity index is 1780. The van der Waals surface area contributed by atoms with Crippen LogP contribution in [-0.4, -0.2) is 71.0 Å². The summed E-state index contributed by atoms with van der Waals surface area (Å²) in [4.78, 5) is 58.9. The number of rotatable bonds is 2. The van der Waals surface area contributed by atoms with Gasteiger partial charge in [0.25, 0.3) is 23.3 Å². The zero-order chi connectivity index (χ0) is 30.1. The maximum atomic E-state index is 13.5. The minimum absolute atomic E-state index is 0.0466. The van der Waals surface area contributed by atoms with E-state index < -0.39 is 29.5 Å². The number of benzene rings is 2. The van der Waals surface area contributed by atoms with Crippen LogP contribution in [0.25, 0.3) is 4.96 Å². The Hall–Kier alpha value is -4.91. The van der Waals surface area contributed by atoms with Gasteiger partial charge >= 0.3 is 0 Å². The highest BCUT2D eigenvalue weighted by Gasteiger charge is 2.36. The van der Waals surface area contributed by atoms with Gasteiger partial charge in [-0.15, -0.1) is 11.3 Å². The van der Waals surface area contributed by atoms with Crippen molar-refractivity contribution in [1.29, 1.82) is 0 Å². The molecule has 4 aromatic rings. The second-order valence-corrected chi connectivity index (χ2v) is 11.2. The fourth-order valence-corrected chi connectivity index (χ4v) is 5.87. The number of amides is 3. The van der Waals surface area contributed by atoms with Crippen LogP contribution >= 0.6 is 11.3 Å². The molecular formula is C30H29N5O7S. The summed E-state index contributed by atoms with van der Waals surface area (Å²) in [5.74, 6) is 0.231. The number of likely N-dealkylation sites (tertiary alicyclic amines) is 1. The van der Waals surface area contributed by atoms with Gasteiger partial charge in [-0.05, 0) is 36.8 Å². The average molecular weight is 604 g/mol. The number of fused-ring (bicyclic) bond motifs is 8. The molecule has 5 heterocycles. The van der Waals surface area contributed by atoms with Crippen LogP contribution in [0, 0.1) is 6.92 Å². The second kappa shape index (κ2) is 11.8. The fraction of sp³-hybridized carbons (Fsp3) is 0.300. The second-order valence-electron chi connectivity index (χ2n) is 10.3. The van der Waals surface area contributed by atoms with E-state index in [1.54, 1.807) is 48.0 Å². The van der Waals surface area contributed by atoms with E-state index >= 15 is 0 Å². The van der Waals surface area contributed by atoms with Gasteiger partial charge in [0.2, 0.25) is 0 Å². The lowest BCUT2D eigenvalue weighted by molar-refractivity contribution is -0.123. The Balaban J connectivity index is 1.33. The lowest BCUT2D eigenvalue weighted by atomic mass is 10.00. The van der Waals surface area contributed by atoms with Crippen molar-refractivity contribution in [1.82, 2.24) is 24.9 Å². The monoisotopic (exact) mass is 603 g/mol. The van der Waals surface area contributed by atoms with Crippen molar-refractivity contribution in [2.45, 2.75) is 32.0 Å². The van der Waals surface area contributed by atoms with Gasteiger partial charge in [0.05, 0.1) is 13.2 Å². The number of nitrogens with one attached hydrogen (secondary N) is 2. The van der Waals surface area contributed by atoms with E-state index in [2.05, 4.69) is 15.6 Å². The highest BCUT2D eigenvalue weighted by Crippen LogP contribution is 2.28. The van der Waals surface area contributed by atoms with Crippen molar-refractivity contribution >= 4 is 34.0 Å². The first-order valence-corrected chi connectivity index (χ1v) is 14.6. The summed E-state index contributed by atoms with van der Waals surface area (Å²) < 4.78 is 19.0. The third-order valence-corrected chi connectivity index (χ3v) is 8.33. The summed E-state index contributed by atoms with van der Waals surface area (Å²) in [6, 6.07) is 9.66. The minimum atomic E-state index is -0.624. The summed E-state index contributed by atoms with van der Waals surface area (Å²) in [6.45, 7) is 2.21. The quantitative estimate of drug-likeness (QED) is 0.355. The van der Waals surface area contributed by atoms with E-state index in [4.69, 9.17) is 14.2 Å². The van der Waals surface area contributed by atoms with E-state index in [-0.39, 0.29) is 31.2 Å². The molecule has 222 valence electrons. The molecular weight excluding hydrogens is 574 g/mol. The standard InChI is InChI=1S/C30H29N5O7S/c1-17-3-4-18-11-24(17)41-16-26(36)31-13-19-5-6-20(12-25(19)40-2)42-23-7-8-34(15-22(23)33-27(18)37)28(38)21-14-32-30-35(29(21)39)9-10-43-30/h3-6,9-12,14,22-23H,7-8,13,15-16H2,1-2H3,(H,31,36)(H,33,37)/t22-,23+/m0/s1. The molecule has 43 heavy (non-hydrogen) atoms. The number of hydrogen-bond donors (Lipinski definition) is 2. The van der Waals surface area contributed by atoms with Crippen molar-refractivity contribution in [3.05, 3.63) is 86.8 Å². The van der Waals surface area contributed by atoms with Crippen LogP contribution in [-0.2, 0) is 11.3 Å². The predicted molar refractivity (Wildman–Crippen MR) is 157 cm³/mol. The molecule has 0 radical (unpaired) electrons. The summed E-state index contributed by atoms with van der Waals surface area (Å²) in [7, 11) is 1.53. The third-order valence-electron chi connectivity index (χ3n) is 7.56. The highest BCUT2D eigenvalue weighted by atomic mass is 32.1. The largest absolute Gasteiger partial charge is 0.496 e. The van der Waals surface area contributed by atoms with Crippen molar-refractivity contribution < 1.29 is 28.6 Å². The van der Waals surface area contributed by atoms with Crippen LogP contribution in [0.15, 0.2) is 59.0 Å². The maximum absolute atomic E-state index is 13.5. The Labute approximate surface area is 250 Å². The average Bonchev–Trinajstić information content (AvgIpc) is 3.50. The number of ether oxygens (including phenoxy) is 3. The van der Waals surface area contributed by atoms with E-state index in [0.29, 0.717) is 40.7 Å². The van der Waals surface area contributed by atoms with Crippen LogP contribution in [0.2, 0.25) is 0 Å². The van der Waals surface area contributed by atoms with Gasteiger partial charge in [0.15, 0.2) is 11.6 Å². The molecule has 3 aliphatic rings. The normalized spacial score (nSPS) is 19.0. The number of nitrogens with zero attached hydrogens (tertiary/aromatic N) is 3. The van der Waals surface area contributed by atoms with Gasteiger partial charge < -0.3 is 29.7 Å². The maximum Gasteiger partial charge on any atom is 0.271 e.